The van der Waals surface area contributed by atoms with Crippen molar-refractivity contribution >= 4 is 0 Å². The summed E-state index contributed by atoms with van der Waals surface area (Å²) in [5.41, 5.74) is 5.98. The number of rotatable bonds is 1. The highest BCUT2D eigenvalue weighted by atomic mass is 14.7. The summed E-state index contributed by atoms with van der Waals surface area (Å²) in [5.74, 6) is 0. The fourth-order valence-electron chi connectivity index (χ4n) is 1.90. The van der Waals surface area contributed by atoms with Gasteiger partial charge in [0.05, 0.1) is 5.69 Å². The monoisotopic (exact) mass is 197 g/mol. The van der Waals surface area contributed by atoms with Gasteiger partial charge in [-0.1, -0.05) is 24.3 Å². The maximum atomic E-state index is 4.57. The van der Waals surface area contributed by atoms with Gasteiger partial charge in [0.2, 0.25) is 0 Å². The minimum atomic E-state index is 1.06. The molecular weight excluding hydrogens is 182 g/mol. The highest BCUT2D eigenvalue weighted by Gasteiger charge is 2.05. The van der Waals surface area contributed by atoms with Crippen molar-refractivity contribution in [1.29, 1.82) is 0 Å². The summed E-state index contributed by atoms with van der Waals surface area (Å²) in [5, 5.41) is 0. The van der Waals surface area contributed by atoms with Crippen molar-refractivity contribution in [2.45, 2.75) is 20.8 Å². The highest BCUT2D eigenvalue weighted by Crippen LogP contribution is 2.25. The Labute approximate surface area is 90.8 Å². The van der Waals surface area contributed by atoms with Crippen LogP contribution in [-0.4, -0.2) is 4.98 Å². The Morgan fingerprint density at radius 3 is 2.00 bits per heavy atom. The molecule has 0 bridgehead atoms. The zero-order chi connectivity index (χ0) is 10.8. The first-order valence-corrected chi connectivity index (χ1v) is 5.19. The van der Waals surface area contributed by atoms with Gasteiger partial charge in [-0.3, -0.25) is 4.98 Å². The lowest BCUT2D eigenvalue weighted by atomic mass is 9.99. The van der Waals surface area contributed by atoms with Gasteiger partial charge in [0.15, 0.2) is 0 Å². The Hall–Kier alpha value is -1.63. The molecule has 1 aromatic carbocycles. The minimum absolute atomic E-state index is 1.06. The molecule has 0 aliphatic heterocycles. The fourth-order valence-corrected chi connectivity index (χ4v) is 1.90. The lowest BCUT2D eigenvalue weighted by Crippen LogP contribution is -1.91. The zero-order valence-electron chi connectivity index (χ0n) is 9.41. The van der Waals surface area contributed by atoms with Crippen LogP contribution in [0.25, 0.3) is 11.3 Å². The fraction of sp³-hybridized carbons (Fsp3) is 0.214. The third-order valence-corrected chi connectivity index (χ3v) is 2.63. The Bertz CT molecular complexity index is 466. The van der Waals surface area contributed by atoms with E-state index in [1.165, 1.54) is 16.7 Å². The maximum Gasteiger partial charge on any atom is 0.0710 e. The number of hydrogen-bond acceptors (Lipinski definition) is 1. The molecule has 1 heterocycles. The molecule has 1 heteroatoms. The molecule has 1 aromatic heterocycles. The number of pyridine rings is 1. The predicted octanol–water partition coefficient (Wildman–Crippen LogP) is 3.67. The van der Waals surface area contributed by atoms with Gasteiger partial charge in [0, 0.05) is 11.3 Å². The van der Waals surface area contributed by atoms with Crippen molar-refractivity contribution in [2.24, 2.45) is 0 Å². The van der Waals surface area contributed by atoms with E-state index >= 15 is 0 Å². The van der Waals surface area contributed by atoms with E-state index in [1.807, 2.05) is 13.0 Å². The molecule has 0 fully saturated rings. The Morgan fingerprint density at radius 1 is 0.800 bits per heavy atom. The lowest BCUT2D eigenvalue weighted by Gasteiger charge is -2.09. The van der Waals surface area contributed by atoms with E-state index in [0.29, 0.717) is 0 Å². The lowest BCUT2D eigenvalue weighted by molar-refractivity contribution is 1.19. The van der Waals surface area contributed by atoms with Crippen molar-refractivity contribution in [3.05, 3.63) is 53.2 Å². The molecule has 0 aliphatic rings. The van der Waals surface area contributed by atoms with Crippen LogP contribution < -0.4 is 0 Å². The van der Waals surface area contributed by atoms with Crippen molar-refractivity contribution in [3.63, 3.8) is 0 Å². The molecule has 0 atom stereocenters. The van der Waals surface area contributed by atoms with E-state index in [2.05, 4.69) is 49.2 Å². The number of nitrogens with zero attached hydrogens (tertiary/aromatic N) is 1. The molecule has 2 aromatic rings. The number of hydrogen-bond donors (Lipinski definition) is 0. The predicted molar refractivity (Wildman–Crippen MR) is 63.9 cm³/mol. The summed E-state index contributed by atoms with van der Waals surface area (Å²) >= 11 is 0. The van der Waals surface area contributed by atoms with Gasteiger partial charge in [0.25, 0.3) is 0 Å². The van der Waals surface area contributed by atoms with Crippen LogP contribution >= 0.6 is 0 Å². The topological polar surface area (TPSA) is 12.9 Å². The molecule has 76 valence electrons. The summed E-state index contributed by atoms with van der Waals surface area (Å²) in [4.78, 5) is 4.57. The molecule has 0 saturated heterocycles. The molecule has 15 heavy (non-hydrogen) atoms. The zero-order valence-corrected chi connectivity index (χ0v) is 9.41. The van der Waals surface area contributed by atoms with Gasteiger partial charge in [-0.05, 0) is 44.0 Å². The maximum absolute atomic E-state index is 4.57. The molecule has 0 amide bonds. The number of aromatic nitrogens is 1. The van der Waals surface area contributed by atoms with Gasteiger partial charge in [-0.25, -0.2) is 0 Å². The van der Waals surface area contributed by atoms with Crippen molar-refractivity contribution in [2.75, 3.05) is 0 Å². The molecule has 0 unspecified atom stereocenters. The largest absolute Gasteiger partial charge is 0.253 e. The first kappa shape index (κ1) is 9.91. The van der Waals surface area contributed by atoms with Crippen LogP contribution in [0, 0.1) is 20.8 Å². The van der Waals surface area contributed by atoms with E-state index in [4.69, 9.17) is 0 Å². The summed E-state index contributed by atoms with van der Waals surface area (Å²) in [7, 11) is 0. The third kappa shape index (κ3) is 1.91. The van der Waals surface area contributed by atoms with Crippen LogP contribution in [-0.2, 0) is 0 Å². The van der Waals surface area contributed by atoms with E-state index < -0.39 is 0 Å². The van der Waals surface area contributed by atoms with Gasteiger partial charge in [-0.2, -0.15) is 0 Å². The first-order chi connectivity index (χ1) is 7.18. The van der Waals surface area contributed by atoms with Crippen LogP contribution in [0.4, 0.5) is 0 Å². The second-order valence-corrected chi connectivity index (χ2v) is 3.93. The number of benzene rings is 1. The highest BCUT2D eigenvalue weighted by molar-refractivity contribution is 5.67. The van der Waals surface area contributed by atoms with E-state index in [-0.39, 0.29) is 0 Å². The van der Waals surface area contributed by atoms with Crippen molar-refractivity contribution in [3.8, 4) is 11.3 Å². The SMILES string of the molecule is Cc1cccc(-c2c(C)cccc2C)n1. The van der Waals surface area contributed by atoms with Crippen LogP contribution in [0.1, 0.15) is 16.8 Å². The second-order valence-electron chi connectivity index (χ2n) is 3.93. The van der Waals surface area contributed by atoms with Crippen molar-refractivity contribution < 1.29 is 0 Å². The van der Waals surface area contributed by atoms with Gasteiger partial charge < -0.3 is 0 Å². The van der Waals surface area contributed by atoms with Crippen molar-refractivity contribution in [1.82, 2.24) is 4.98 Å². The van der Waals surface area contributed by atoms with Crippen LogP contribution in [0.15, 0.2) is 36.4 Å². The molecule has 0 aliphatic carbocycles. The van der Waals surface area contributed by atoms with Gasteiger partial charge in [-0.15, -0.1) is 0 Å². The molecule has 0 N–H and O–H groups in total. The van der Waals surface area contributed by atoms with E-state index in [1.54, 1.807) is 0 Å². The summed E-state index contributed by atoms with van der Waals surface area (Å²) in [6.45, 7) is 6.29. The van der Waals surface area contributed by atoms with Crippen LogP contribution in [0.3, 0.4) is 0 Å². The Morgan fingerprint density at radius 2 is 1.40 bits per heavy atom. The number of aryl methyl sites for hydroxylation is 3. The van der Waals surface area contributed by atoms with Crippen LogP contribution in [0.2, 0.25) is 0 Å². The molecule has 0 spiro atoms. The minimum Gasteiger partial charge on any atom is -0.253 e. The smallest absolute Gasteiger partial charge is 0.0710 e. The third-order valence-electron chi connectivity index (χ3n) is 2.63. The van der Waals surface area contributed by atoms with Crippen LogP contribution in [0.5, 0.6) is 0 Å². The first-order valence-electron chi connectivity index (χ1n) is 5.19. The summed E-state index contributed by atoms with van der Waals surface area (Å²) < 4.78 is 0. The molecule has 2 rings (SSSR count). The molecule has 0 radical (unpaired) electrons. The second kappa shape index (κ2) is 3.85. The standard InChI is InChI=1S/C14H15N/c1-10-6-4-7-11(2)14(10)13-9-5-8-12(3)15-13/h4-9H,1-3H3. The van der Waals surface area contributed by atoms with E-state index in [9.17, 15) is 0 Å². The average molecular weight is 197 g/mol. The average Bonchev–Trinajstić information content (AvgIpc) is 2.17. The summed E-state index contributed by atoms with van der Waals surface area (Å²) in [6.07, 6.45) is 0. The van der Waals surface area contributed by atoms with Gasteiger partial charge >= 0.3 is 0 Å². The Balaban J connectivity index is 2.63. The summed E-state index contributed by atoms with van der Waals surface area (Å²) in [6, 6.07) is 12.5. The van der Waals surface area contributed by atoms with Gasteiger partial charge in [0.1, 0.15) is 0 Å². The molecule has 0 saturated carbocycles. The Kier molecular flexibility index (Phi) is 2.55. The quantitative estimate of drug-likeness (QED) is 0.679. The molecular formula is C14H15N. The van der Waals surface area contributed by atoms with E-state index in [0.717, 1.165) is 11.4 Å². The molecule has 1 nitrogen and oxygen atoms in total. The normalized spacial score (nSPS) is 10.3.